The summed E-state index contributed by atoms with van der Waals surface area (Å²) in [6, 6.07) is 7.56. The Kier molecular flexibility index (Phi) is 4.91. The van der Waals surface area contributed by atoms with Crippen molar-refractivity contribution in [2.75, 3.05) is 0 Å². The highest BCUT2D eigenvalue weighted by molar-refractivity contribution is 5.61. The summed E-state index contributed by atoms with van der Waals surface area (Å²) in [6.07, 6.45) is -5.25. The lowest BCUT2D eigenvalue weighted by molar-refractivity contribution is -0.141. The third-order valence-electron chi connectivity index (χ3n) is 4.13. The van der Waals surface area contributed by atoms with E-state index >= 15 is 0 Å². The zero-order valence-electron chi connectivity index (χ0n) is 15.2. The van der Waals surface area contributed by atoms with Crippen LogP contribution in [0.1, 0.15) is 11.3 Å². The van der Waals surface area contributed by atoms with E-state index in [-0.39, 0.29) is 17.1 Å². The summed E-state index contributed by atoms with van der Waals surface area (Å²) in [5.74, 6) is -0.252. The molecule has 4 aromatic rings. The molecule has 4 rings (SSSR count). The van der Waals surface area contributed by atoms with Gasteiger partial charge in [-0.3, -0.25) is 4.98 Å². The molecule has 0 aliphatic carbocycles. The van der Waals surface area contributed by atoms with E-state index in [0.29, 0.717) is 11.6 Å². The topological polar surface area (TPSA) is 69.4 Å². The van der Waals surface area contributed by atoms with Crippen LogP contribution in [-0.4, -0.2) is 29.7 Å². The Morgan fingerprint density at radius 2 is 1.55 bits per heavy atom. The van der Waals surface area contributed by atoms with Crippen molar-refractivity contribution in [3.63, 3.8) is 0 Å². The maximum absolute atomic E-state index is 13.4. The monoisotopic (exact) mass is 436 g/mol. The molecule has 6 nitrogen and oxygen atoms in total. The summed E-state index contributed by atoms with van der Waals surface area (Å²) in [5, 5.41) is 4.08. The lowest BCUT2D eigenvalue weighted by atomic mass is 10.1. The Labute approximate surface area is 170 Å². The average molecular weight is 436 g/mol. The third kappa shape index (κ3) is 4.37. The first-order chi connectivity index (χ1) is 14.6. The molecule has 0 saturated carbocycles. The van der Waals surface area contributed by atoms with Gasteiger partial charge in [-0.2, -0.15) is 31.0 Å². The molecule has 0 aliphatic rings. The number of aromatic nitrogens is 6. The molecule has 0 fully saturated rings. The van der Waals surface area contributed by atoms with Crippen molar-refractivity contribution in [3.8, 4) is 28.6 Å². The first-order valence-corrected chi connectivity index (χ1v) is 8.57. The molecule has 0 aliphatic heterocycles. The van der Waals surface area contributed by atoms with Gasteiger partial charge in [0.25, 0.3) is 5.95 Å². The van der Waals surface area contributed by atoms with Gasteiger partial charge in [0.1, 0.15) is 6.33 Å². The minimum Gasteiger partial charge on any atom is -0.264 e. The molecule has 0 N–H and O–H groups in total. The van der Waals surface area contributed by atoms with E-state index in [1.165, 1.54) is 12.4 Å². The van der Waals surface area contributed by atoms with Gasteiger partial charge in [0, 0.05) is 23.5 Å². The maximum Gasteiger partial charge on any atom is 0.433 e. The smallest absolute Gasteiger partial charge is 0.264 e. The van der Waals surface area contributed by atoms with Gasteiger partial charge in [-0.25, -0.2) is 15.0 Å². The van der Waals surface area contributed by atoms with E-state index in [4.69, 9.17) is 0 Å². The van der Waals surface area contributed by atoms with Crippen LogP contribution in [-0.2, 0) is 12.4 Å². The molecule has 0 radical (unpaired) electrons. The van der Waals surface area contributed by atoms with Gasteiger partial charge >= 0.3 is 12.4 Å². The van der Waals surface area contributed by atoms with Gasteiger partial charge in [0.05, 0.1) is 11.3 Å². The van der Waals surface area contributed by atoms with Crippen LogP contribution in [0.5, 0.6) is 0 Å². The summed E-state index contributed by atoms with van der Waals surface area (Å²) in [5.41, 5.74) is -1.85. The molecule has 12 heteroatoms. The molecule has 0 amide bonds. The molecule has 1 aromatic carbocycles. The highest BCUT2D eigenvalue weighted by Gasteiger charge is 2.34. The fourth-order valence-electron chi connectivity index (χ4n) is 2.65. The predicted molar refractivity (Wildman–Crippen MR) is 95.6 cm³/mol. The predicted octanol–water partition coefficient (Wildman–Crippen LogP) is 4.82. The second-order valence-corrected chi connectivity index (χ2v) is 6.27. The molecule has 31 heavy (non-hydrogen) atoms. The lowest BCUT2D eigenvalue weighted by Gasteiger charge is -2.11. The Hall–Kier alpha value is -3.83. The summed E-state index contributed by atoms with van der Waals surface area (Å²) < 4.78 is 79.4. The van der Waals surface area contributed by atoms with Crippen LogP contribution in [0.3, 0.4) is 0 Å². The van der Waals surface area contributed by atoms with Gasteiger partial charge in [0.2, 0.25) is 0 Å². The Bertz CT molecular complexity index is 1200. The van der Waals surface area contributed by atoms with E-state index in [2.05, 4.69) is 25.0 Å². The second-order valence-electron chi connectivity index (χ2n) is 6.27. The lowest BCUT2D eigenvalue weighted by Crippen LogP contribution is -2.13. The highest BCUT2D eigenvalue weighted by Crippen LogP contribution is 2.33. The van der Waals surface area contributed by atoms with Crippen LogP contribution in [0, 0.1) is 0 Å². The Morgan fingerprint density at radius 1 is 0.806 bits per heavy atom. The van der Waals surface area contributed by atoms with E-state index in [0.717, 1.165) is 35.3 Å². The minimum absolute atomic E-state index is 0.0507. The van der Waals surface area contributed by atoms with Crippen LogP contribution in [0.15, 0.2) is 61.2 Å². The van der Waals surface area contributed by atoms with Crippen LogP contribution in [0.4, 0.5) is 26.3 Å². The van der Waals surface area contributed by atoms with Crippen molar-refractivity contribution in [2.24, 2.45) is 0 Å². The largest absolute Gasteiger partial charge is 0.433 e. The molecule has 3 heterocycles. The zero-order valence-corrected chi connectivity index (χ0v) is 15.2. The van der Waals surface area contributed by atoms with Crippen LogP contribution < -0.4 is 0 Å². The molecule has 158 valence electrons. The summed E-state index contributed by atoms with van der Waals surface area (Å²) in [4.78, 5) is 15.5. The van der Waals surface area contributed by atoms with Crippen molar-refractivity contribution >= 4 is 0 Å². The minimum atomic E-state index is -4.81. The Balaban J connectivity index is 1.78. The molecule has 0 unspecified atom stereocenters. The molecule has 0 atom stereocenters. The molecule has 0 bridgehead atoms. The van der Waals surface area contributed by atoms with Crippen LogP contribution in [0.25, 0.3) is 28.6 Å². The maximum atomic E-state index is 13.4. The third-order valence-corrected chi connectivity index (χ3v) is 4.13. The number of rotatable bonds is 3. The number of pyridine rings is 1. The number of hydrogen-bond donors (Lipinski definition) is 0. The molecular weight excluding hydrogens is 426 g/mol. The second kappa shape index (κ2) is 7.45. The number of hydrogen-bond acceptors (Lipinski definition) is 5. The van der Waals surface area contributed by atoms with Crippen molar-refractivity contribution in [2.45, 2.75) is 12.4 Å². The molecule has 3 aromatic heterocycles. The molecule has 0 saturated heterocycles. The Morgan fingerprint density at radius 3 is 2.16 bits per heavy atom. The fourth-order valence-corrected chi connectivity index (χ4v) is 2.65. The fraction of sp³-hybridized carbons (Fsp3) is 0.105. The van der Waals surface area contributed by atoms with E-state index < -0.39 is 29.6 Å². The summed E-state index contributed by atoms with van der Waals surface area (Å²) in [6.45, 7) is 0. The highest BCUT2D eigenvalue weighted by atomic mass is 19.4. The number of nitrogens with zero attached hydrogens (tertiary/aromatic N) is 6. The standard InChI is InChI=1S/C19H10F6N6/c20-18(21,22)13-5-3-11(4-6-13)14-8-15(19(23,24)25)29-17(28-14)31-10-27-16(30-31)12-2-1-7-26-9-12/h1-10H. The van der Waals surface area contributed by atoms with Crippen molar-refractivity contribution < 1.29 is 26.3 Å². The van der Waals surface area contributed by atoms with Crippen LogP contribution in [0.2, 0.25) is 0 Å². The van der Waals surface area contributed by atoms with Gasteiger partial charge in [-0.05, 0) is 30.3 Å². The quantitative estimate of drug-likeness (QED) is 0.431. The SMILES string of the molecule is FC(F)(F)c1ccc(-c2cc(C(F)(F)F)nc(-n3cnc(-c4cccnc4)n3)n2)cc1. The van der Waals surface area contributed by atoms with Crippen molar-refractivity contribution in [1.29, 1.82) is 0 Å². The zero-order chi connectivity index (χ0) is 22.2. The van der Waals surface area contributed by atoms with Gasteiger partial charge in [-0.1, -0.05) is 12.1 Å². The summed E-state index contributed by atoms with van der Waals surface area (Å²) in [7, 11) is 0. The van der Waals surface area contributed by atoms with Crippen LogP contribution >= 0.6 is 0 Å². The summed E-state index contributed by atoms with van der Waals surface area (Å²) >= 11 is 0. The molecule has 0 spiro atoms. The van der Waals surface area contributed by atoms with Crippen molar-refractivity contribution in [3.05, 3.63) is 72.4 Å². The van der Waals surface area contributed by atoms with Gasteiger partial charge in [-0.15, -0.1) is 5.10 Å². The molecular formula is C19H10F6N6. The first kappa shape index (κ1) is 20.4. The van der Waals surface area contributed by atoms with Crippen molar-refractivity contribution in [1.82, 2.24) is 29.7 Å². The normalized spacial score (nSPS) is 12.2. The number of alkyl halides is 6. The average Bonchev–Trinajstić information content (AvgIpc) is 3.23. The van der Waals surface area contributed by atoms with E-state index in [1.54, 1.807) is 12.1 Å². The van der Waals surface area contributed by atoms with E-state index in [9.17, 15) is 26.3 Å². The first-order valence-electron chi connectivity index (χ1n) is 8.57. The van der Waals surface area contributed by atoms with Gasteiger partial charge in [0.15, 0.2) is 11.5 Å². The number of halogens is 6. The van der Waals surface area contributed by atoms with E-state index in [1.807, 2.05) is 0 Å². The van der Waals surface area contributed by atoms with Gasteiger partial charge < -0.3 is 0 Å². The number of benzene rings is 1.